The zero-order valence-electron chi connectivity index (χ0n) is 9.16. The molecule has 0 aromatic heterocycles. The van der Waals surface area contributed by atoms with Crippen molar-refractivity contribution < 1.29 is 26.7 Å². The first-order valence-electron chi connectivity index (χ1n) is 3.75. The Morgan fingerprint density at radius 1 is 1.06 bits per heavy atom. The summed E-state index contributed by atoms with van der Waals surface area (Å²) in [6.45, 7) is 1.99. The van der Waals surface area contributed by atoms with E-state index in [9.17, 15) is 21.6 Å². The molecule has 16 heavy (non-hydrogen) atoms. The number of halogens is 1. The molecule has 10 heteroatoms. The highest BCUT2D eigenvalue weighted by Crippen LogP contribution is 2.21. The van der Waals surface area contributed by atoms with E-state index in [2.05, 4.69) is 0 Å². The summed E-state index contributed by atoms with van der Waals surface area (Å²) in [6, 6.07) is 0. The van der Waals surface area contributed by atoms with E-state index in [4.69, 9.17) is 5.11 Å². The molecule has 0 aliphatic rings. The number of nitrogens with zero attached hydrogens (tertiary/aromatic N) is 1. The van der Waals surface area contributed by atoms with Gasteiger partial charge in [-0.2, -0.15) is 0 Å². The largest absolute Gasteiger partial charge is 0.480 e. The Kier molecular flexibility index (Phi) is 5.47. The summed E-state index contributed by atoms with van der Waals surface area (Å²) in [5, 5.41) is 8.77. The van der Waals surface area contributed by atoms with Crippen LogP contribution in [0.4, 0.5) is 0 Å². The molecule has 0 amide bonds. The van der Waals surface area contributed by atoms with Gasteiger partial charge in [-0.15, -0.1) is 12.4 Å². The van der Waals surface area contributed by atoms with Crippen molar-refractivity contribution in [2.24, 2.45) is 0 Å². The van der Waals surface area contributed by atoms with Crippen LogP contribution in [0.5, 0.6) is 0 Å². The third-order valence-electron chi connectivity index (χ3n) is 1.58. The topological polar surface area (TPSA) is 109 Å². The van der Waals surface area contributed by atoms with Gasteiger partial charge < -0.3 is 5.11 Å². The van der Waals surface area contributed by atoms with Gasteiger partial charge in [0.25, 0.3) is 0 Å². The second-order valence-electron chi connectivity index (χ2n) is 3.59. The smallest absolute Gasteiger partial charge is 0.325 e. The zero-order chi connectivity index (χ0) is 12.7. The van der Waals surface area contributed by atoms with Crippen molar-refractivity contribution in [1.29, 1.82) is 0 Å². The van der Waals surface area contributed by atoms with Crippen LogP contribution < -0.4 is 0 Å². The Hall–Kier alpha value is -0.380. The molecular weight excluding hydrogens is 282 g/mol. The van der Waals surface area contributed by atoms with Crippen LogP contribution in [0.1, 0.15) is 13.8 Å². The lowest BCUT2D eigenvalue weighted by molar-refractivity contribution is -0.144. The maximum absolute atomic E-state index is 11.2. The molecule has 0 radical (unpaired) electrons. The fourth-order valence-electron chi connectivity index (χ4n) is 1.15. The molecule has 0 aromatic carbocycles. The average Bonchev–Trinajstić information content (AvgIpc) is 1.76. The van der Waals surface area contributed by atoms with Gasteiger partial charge in [0.1, 0.15) is 5.54 Å². The van der Waals surface area contributed by atoms with Crippen LogP contribution in [0, 0.1) is 0 Å². The number of hydrogen-bond donors (Lipinski definition) is 1. The SMILES string of the molecule is CC(C)(C(=O)O)N(S(C)(=O)=O)S(C)(=O)=O.Cl. The monoisotopic (exact) mass is 295 g/mol. The highest BCUT2D eigenvalue weighted by atomic mass is 35.5. The van der Waals surface area contributed by atoms with E-state index in [0.29, 0.717) is 12.5 Å². The van der Waals surface area contributed by atoms with Crippen LogP contribution >= 0.6 is 12.4 Å². The van der Waals surface area contributed by atoms with Gasteiger partial charge >= 0.3 is 5.97 Å². The van der Waals surface area contributed by atoms with Gasteiger partial charge in [0.15, 0.2) is 0 Å². The normalized spacial score (nSPS) is 13.3. The zero-order valence-corrected chi connectivity index (χ0v) is 11.6. The third-order valence-corrected chi connectivity index (χ3v) is 5.32. The minimum absolute atomic E-state index is 0. The predicted octanol–water partition coefficient (Wildman–Crippen LogP) is -0.507. The van der Waals surface area contributed by atoms with E-state index in [1.54, 1.807) is 0 Å². The molecule has 0 bridgehead atoms. The number of carboxylic acids is 1. The van der Waals surface area contributed by atoms with Gasteiger partial charge in [0.05, 0.1) is 12.5 Å². The maximum atomic E-state index is 11.2. The van der Waals surface area contributed by atoms with Gasteiger partial charge in [-0.05, 0) is 13.8 Å². The molecule has 0 fully saturated rings. The van der Waals surface area contributed by atoms with E-state index >= 15 is 0 Å². The van der Waals surface area contributed by atoms with Crippen molar-refractivity contribution >= 4 is 38.4 Å². The van der Waals surface area contributed by atoms with Gasteiger partial charge in [-0.1, -0.05) is 3.71 Å². The molecule has 0 aliphatic carbocycles. The Morgan fingerprint density at radius 3 is 1.38 bits per heavy atom. The average molecular weight is 296 g/mol. The van der Waals surface area contributed by atoms with Crippen molar-refractivity contribution in [3.05, 3.63) is 0 Å². The summed E-state index contributed by atoms with van der Waals surface area (Å²) in [6.07, 6.45) is 1.28. The molecule has 0 spiro atoms. The number of sulfonamides is 2. The molecule has 0 saturated carbocycles. The lowest BCUT2D eigenvalue weighted by Crippen LogP contribution is -2.54. The summed E-state index contributed by atoms with van der Waals surface area (Å²) >= 11 is 0. The molecule has 7 nitrogen and oxygen atoms in total. The molecule has 98 valence electrons. The quantitative estimate of drug-likeness (QED) is 0.748. The summed E-state index contributed by atoms with van der Waals surface area (Å²) in [5.74, 6) is -1.54. The van der Waals surface area contributed by atoms with E-state index in [0.717, 1.165) is 13.8 Å². The van der Waals surface area contributed by atoms with Crippen molar-refractivity contribution in [3.63, 3.8) is 0 Å². The van der Waals surface area contributed by atoms with Crippen LogP contribution in [-0.4, -0.2) is 49.7 Å². The Bertz CT molecular complexity index is 433. The van der Waals surface area contributed by atoms with Crippen molar-refractivity contribution in [3.8, 4) is 0 Å². The first kappa shape index (κ1) is 18.0. The molecule has 0 aromatic rings. The highest BCUT2D eigenvalue weighted by molar-refractivity contribution is 8.03. The lowest BCUT2D eigenvalue weighted by atomic mass is 10.1. The van der Waals surface area contributed by atoms with Gasteiger partial charge in [-0.3, -0.25) is 4.79 Å². The minimum Gasteiger partial charge on any atom is -0.480 e. The molecule has 0 unspecified atom stereocenters. The number of carbonyl (C=O) groups is 1. The van der Waals surface area contributed by atoms with Crippen molar-refractivity contribution in [2.45, 2.75) is 19.4 Å². The molecule has 1 N–H and O–H groups in total. The Balaban J connectivity index is 0. The number of hydrogen-bond acceptors (Lipinski definition) is 5. The minimum atomic E-state index is -4.16. The van der Waals surface area contributed by atoms with E-state index < -0.39 is 31.6 Å². The Morgan fingerprint density at radius 2 is 1.31 bits per heavy atom. The first-order chi connectivity index (χ1) is 6.31. The number of rotatable bonds is 4. The summed E-state index contributed by atoms with van der Waals surface area (Å²) < 4.78 is 44.8. The van der Waals surface area contributed by atoms with Gasteiger partial charge in [0.2, 0.25) is 20.0 Å². The second-order valence-corrected chi connectivity index (χ2v) is 7.48. The van der Waals surface area contributed by atoms with Crippen LogP contribution in [0.3, 0.4) is 0 Å². The molecule has 0 aliphatic heterocycles. The standard InChI is InChI=1S/C6H13NO6S2.ClH/c1-6(2,5(8)9)7(14(3,10)11)15(4,12)13;/h1-4H3,(H,8,9);1H. The van der Waals surface area contributed by atoms with E-state index in [1.807, 2.05) is 0 Å². The summed E-state index contributed by atoms with van der Waals surface area (Å²) in [4.78, 5) is 10.8. The Labute approximate surface area is 101 Å². The van der Waals surface area contributed by atoms with Gasteiger partial charge in [-0.25, -0.2) is 16.8 Å². The second kappa shape index (κ2) is 4.86. The number of carboxylic acid groups (broad SMARTS) is 1. The molecule has 0 rings (SSSR count). The van der Waals surface area contributed by atoms with Gasteiger partial charge in [0, 0.05) is 0 Å². The van der Waals surface area contributed by atoms with Crippen LogP contribution in [0.2, 0.25) is 0 Å². The first-order valence-corrected chi connectivity index (χ1v) is 7.45. The fraction of sp³-hybridized carbons (Fsp3) is 0.833. The van der Waals surface area contributed by atoms with Crippen molar-refractivity contribution in [2.75, 3.05) is 12.5 Å². The highest BCUT2D eigenvalue weighted by Gasteiger charge is 2.46. The summed E-state index contributed by atoms with van der Waals surface area (Å²) in [5.41, 5.74) is -2.04. The molecule has 0 atom stereocenters. The predicted molar refractivity (Wildman–Crippen MR) is 60.5 cm³/mol. The van der Waals surface area contributed by atoms with Crippen LogP contribution in [-0.2, 0) is 24.8 Å². The maximum Gasteiger partial charge on any atom is 0.325 e. The van der Waals surface area contributed by atoms with Crippen LogP contribution in [0.15, 0.2) is 0 Å². The van der Waals surface area contributed by atoms with E-state index in [1.165, 1.54) is 0 Å². The van der Waals surface area contributed by atoms with Crippen molar-refractivity contribution in [1.82, 2.24) is 3.71 Å². The molecule has 0 saturated heterocycles. The molecular formula is C6H14ClNO6S2. The lowest BCUT2D eigenvalue weighted by Gasteiger charge is -2.30. The van der Waals surface area contributed by atoms with E-state index in [-0.39, 0.29) is 16.1 Å². The number of aliphatic carboxylic acids is 1. The van der Waals surface area contributed by atoms with Crippen LogP contribution in [0.25, 0.3) is 0 Å². The molecule has 0 heterocycles. The summed E-state index contributed by atoms with van der Waals surface area (Å²) in [7, 11) is -8.32. The fourth-order valence-corrected chi connectivity index (χ4v) is 4.94. The third kappa shape index (κ3) is 3.89.